The zero-order chi connectivity index (χ0) is 32.0. The third kappa shape index (κ3) is 12.4. The highest BCUT2D eigenvalue weighted by Crippen LogP contribution is 2.26. The van der Waals surface area contributed by atoms with E-state index in [1.807, 2.05) is 61.4 Å². The highest BCUT2D eigenvalue weighted by Gasteiger charge is 2.15. The van der Waals surface area contributed by atoms with Gasteiger partial charge in [0.15, 0.2) is 12.6 Å². The fraction of sp³-hybridized carbons (Fsp3) is 0.303. The lowest BCUT2D eigenvalue weighted by Gasteiger charge is -2.02. The average Bonchev–Trinajstić information content (AvgIpc) is 3.71. The van der Waals surface area contributed by atoms with Crippen molar-refractivity contribution in [1.29, 1.82) is 0 Å². The number of nitrogens with one attached hydrogen (secondary N) is 1. The molecule has 5 aromatic heterocycles. The summed E-state index contributed by atoms with van der Waals surface area (Å²) in [6, 6.07) is 13.3. The van der Waals surface area contributed by atoms with E-state index in [9.17, 15) is 9.59 Å². The second-order valence-corrected chi connectivity index (χ2v) is 10.3. The summed E-state index contributed by atoms with van der Waals surface area (Å²) in [6.07, 6.45) is 9.59. The molecule has 0 amide bonds. The van der Waals surface area contributed by atoms with Crippen LogP contribution in [0.15, 0.2) is 78.0 Å². The molecule has 0 saturated heterocycles. The molecule has 10 heteroatoms. The van der Waals surface area contributed by atoms with Crippen molar-refractivity contribution < 1.29 is 14.7 Å². The number of hydrogen-bond donors (Lipinski definition) is 3. The number of thiophene rings is 1. The number of pyridine rings is 3. The van der Waals surface area contributed by atoms with E-state index in [2.05, 4.69) is 52.8 Å². The van der Waals surface area contributed by atoms with Gasteiger partial charge < -0.3 is 16.2 Å². The van der Waals surface area contributed by atoms with E-state index < -0.39 is 0 Å². The van der Waals surface area contributed by atoms with E-state index in [-0.39, 0.29) is 0 Å². The summed E-state index contributed by atoms with van der Waals surface area (Å²) in [4.78, 5) is 35.1. The predicted octanol–water partition coefficient (Wildman–Crippen LogP) is 6.18. The molecule has 0 aliphatic carbocycles. The molecule has 5 aromatic rings. The first-order valence-electron chi connectivity index (χ1n) is 14.0. The van der Waals surface area contributed by atoms with Gasteiger partial charge in [0.05, 0.1) is 11.3 Å². The molecule has 0 unspecified atom stereocenters. The first-order valence-corrected chi connectivity index (χ1v) is 15.0. The Kier molecular flexibility index (Phi) is 18.5. The van der Waals surface area contributed by atoms with Gasteiger partial charge in [0.1, 0.15) is 17.0 Å². The van der Waals surface area contributed by atoms with Gasteiger partial charge >= 0.3 is 0 Å². The number of nitrogens with two attached hydrogens (primary N) is 1. The Morgan fingerprint density at radius 3 is 2.23 bits per heavy atom. The summed E-state index contributed by atoms with van der Waals surface area (Å²) in [5, 5.41) is 14.8. The molecule has 230 valence electrons. The molecule has 5 rings (SSSR count). The summed E-state index contributed by atoms with van der Waals surface area (Å²) in [7, 11) is 3.43. The van der Waals surface area contributed by atoms with Crippen LogP contribution in [0.5, 0.6) is 0 Å². The van der Waals surface area contributed by atoms with Gasteiger partial charge in [-0.05, 0) is 73.8 Å². The minimum Gasteiger partial charge on any atom is -0.396 e. The number of aromatic nitrogens is 4. The number of imidazole rings is 1. The molecule has 0 aliphatic rings. The third-order valence-electron chi connectivity index (χ3n) is 5.14. The first-order chi connectivity index (χ1) is 20.9. The van der Waals surface area contributed by atoms with Crippen LogP contribution in [-0.4, -0.2) is 57.7 Å². The summed E-state index contributed by atoms with van der Waals surface area (Å²) in [5.41, 5.74) is 10.6. The van der Waals surface area contributed by atoms with Gasteiger partial charge in [-0.15, -0.1) is 0 Å². The van der Waals surface area contributed by atoms with Crippen LogP contribution in [0.25, 0.3) is 28.2 Å². The second-order valence-electron chi connectivity index (χ2n) is 9.53. The van der Waals surface area contributed by atoms with E-state index in [1.165, 1.54) is 23.9 Å². The summed E-state index contributed by atoms with van der Waals surface area (Å²) < 4.78 is 1.64. The van der Waals surface area contributed by atoms with Crippen molar-refractivity contribution in [2.24, 2.45) is 11.7 Å². The molecule has 0 bridgehead atoms. The van der Waals surface area contributed by atoms with E-state index in [0.29, 0.717) is 29.2 Å². The number of aliphatic hydroxyl groups is 1. The lowest BCUT2D eigenvalue weighted by molar-refractivity contribution is 0.111. The van der Waals surface area contributed by atoms with Crippen molar-refractivity contribution in [3.63, 3.8) is 0 Å². The Bertz CT molecular complexity index is 1430. The van der Waals surface area contributed by atoms with Crippen LogP contribution in [0, 0.1) is 5.92 Å². The number of carbonyl (C=O) groups excluding carboxylic acids is 2. The Hall–Kier alpha value is -4.09. The molecule has 5 heterocycles. The maximum atomic E-state index is 11.3. The van der Waals surface area contributed by atoms with E-state index in [0.717, 1.165) is 48.3 Å². The fourth-order valence-corrected chi connectivity index (χ4v) is 3.98. The minimum atomic E-state index is 0.319. The zero-order valence-corrected chi connectivity index (χ0v) is 26.7. The van der Waals surface area contributed by atoms with Crippen molar-refractivity contribution in [1.82, 2.24) is 24.7 Å². The summed E-state index contributed by atoms with van der Waals surface area (Å²) in [5.74, 6) is 0.833. The highest BCUT2D eigenvalue weighted by atomic mass is 32.1. The molecule has 43 heavy (non-hydrogen) atoms. The molecule has 0 radical (unpaired) electrons. The van der Waals surface area contributed by atoms with Crippen LogP contribution >= 0.6 is 11.3 Å². The van der Waals surface area contributed by atoms with Gasteiger partial charge in [-0.2, -0.15) is 11.3 Å². The molecule has 0 fully saturated rings. The predicted molar refractivity (Wildman–Crippen MR) is 178 cm³/mol. The fourth-order valence-electron chi connectivity index (χ4n) is 3.34. The molecule has 0 spiro atoms. The Labute approximate surface area is 258 Å². The quantitative estimate of drug-likeness (QED) is 0.188. The van der Waals surface area contributed by atoms with Crippen LogP contribution in [0.4, 0.5) is 0 Å². The number of nitrogens with zero attached hydrogens (tertiary/aromatic N) is 4. The van der Waals surface area contributed by atoms with E-state index in [4.69, 9.17) is 5.11 Å². The highest BCUT2D eigenvalue weighted by molar-refractivity contribution is 7.08. The first kappa shape index (κ1) is 36.9. The lowest BCUT2D eigenvalue weighted by Crippen LogP contribution is -2.05. The third-order valence-corrected chi connectivity index (χ3v) is 5.82. The number of fused-ring (bicyclic) bond motifs is 1. The van der Waals surface area contributed by atoms with Gasteiger partial charge in [-0.3, -0.25) is 24.0 Å². The van der Waals surface area contributed by atoms with Crippen molar-refractivity contribution >= 4 is 29.6 Å². The number of aliphatic hydroxyl groups excluding tert-OH is 1. The van der Waals surface area contributed by atoms with Crippen LogP contribution in [0.3, 0.4) is 0 Å². The Balaban J connectivity index is 0.000000333. The SMILES string of the molecule is CC(C)C.CCCO.CN.CNCc1ccc(-c2cccnc2)nc1.O=Cc1cccn2c(C=O)c(-c3ccsc3)nc12. The monoisotopic (exact) mass is 604 g/mol. The van der Waals surface area contributed by atoms with Crippen LogP contribution in [0.2, 0.25) is 0 Å². The lowest BCUT2D eigenvalue weighted by atomic mass is 10.1. The van der Waals surface area contributed by atoms with Gasteiger partial charge in [0.2, 0.25) is 0 Å². The Morgan fingerprint density at radius 2 is 1.74 bits per heavy atom. The largest absolute Gasteiger partial charge is 0.396 e. The molecular formula is C33H44N6O3S. The van der Waals surface area contributed by atoms with Gasteiger partial charge in [-0.25, -0.2) is 4.98 Å². The average molecular weight is 605 g/mol. The zero-order valence-electron chi connectivity index (χ0n) is 25.9. The van der Waals surface area contributed by atoms with Crippen molar-refractivity contribution in [2.45, 2.75) is 40.7 Å². The molecule has 4 N–H and O–H groups in total. The second kappa shape index (κ2) is 21.6. The maximum Gasteiger partial charge on any atom is 0.169 e. The molecule has 0 atom stereocenters. The number of rotatable bonds is 7. The minimum absolute atomic E-state index is 0.319. The van der Waals surface area contributed by atoms with E-state index >= 15 is 0 Å². The maximum absolute atomic E-state index is 11.3. The number of aldehydes is 2. The molecular weight excluding hydrogens is 560 g/mol. The van der Waals surface area contributed by atoms with Crippen LogP contribution < -0.4 is 11.1 Å². The molecule has 0 aliphatic heterocycles. The van der Waals surface area contributed by atoms with Gasteiger partial charge in [0, 0.05) is 54.4 Å². The van der Waals surface area contributed by atoms with Crippen LogP contribution in [-0.2, 0) is 6.54 Å². The van der Waals surface area contributed by atoms with E-state index in [1.54, 1.807) is 28.9 Å². The topological polar surface area (TPSA) is 136 Å². The van der Waals surface area contributed by atoms with Crippen LogP contribution in [0.1, 0.15) is 60.5 Å². The summed E-state index contributed by atoms with van der Waals surface area (Å²) in [6.45, 7) is 9.60. The number of hydrogen-bond acceptors (Lipinski definition) is 9. The van der Waals surface area contributed by atoms with Crippen molar-refractivity contribution in [3.05, 3.63) is 94.8 Å². The molecule has 9 nitrogen and oxygen atoms in total. The van der Waals surface area contributed by atoms with Gasteiger partial charge in [-0.1, -0.05) is 33.8 Å². The van der Waals surface area contributed by atoms with Crippen molar-refractivity contribution in [3.8, 4) is 22.5 Å². The molecule has 0 aromatic carbocycles. The number of carbonyl (C=O) groups is 2. The molecule has 0 saturated carbocycles. The Morgan fingerprint density at radius 1 is 1.02 bits per heavy atom. The smallest absolute Gasteiger partial charge is 0.169 e. The summed E-state index contributed by atoms with van der Waals surface area (Å²) >= 11 is 1.54. The standard InChI is InChI=1S/C13H8N2O2S.C12H13N3.C4H10.C3H8O.CH5N/c16-6-9-2-1-4-15-11(7-17)12(14-13(9)15)10-3-5-18-8-10;1-13-7-10-4-5-12(15-8-10)11-3-2-6-14-9-11;1-4(2)3;1-2-3-4;1-2/h1-8H;2-6,8-9,13H,7H2,1H3;4H,1-3H3;4H,2-3H2,1H3;2H2,1H3. The normalized spacial score (nSPS) is 9.70. The van der Waals surface area contributed by atoms with Crippen molar-refractivity contribution in [2.75, 3.05) is 20.7 Å². The van der Waals surface area contributed by atoms with Gasteiger partial charge in [0.25, 0.3) is 0 Å².